The third-order valence-corrected chi connectivity index (χ3v) is 6.24. The summed E-state index contributed by atoms with van der Waals surface area (Å²) in [5.74, 6) is 0.794. The van der Waals surface area contributed by atoms with Gasteiger partial charge in [-0.15, -0.1) is 0 Å². The number of anilines is 1. The molecule has 1 saturated heterocycles. The largest absolute Gasteiger partial charge is 0.497 e. The zero-order chi connectivity index (χ0) is 15.1. The molecule has 7 heteroatoms. The number of likely N-dealkylation sites (N-methyl/N-ethyl adjacent to an activating group) is 1. The van der Waals surface area contributed by atoms with Gasteiger partial charge in [0.15, 0.2) is 0 Å². The van der Waals surface area contributed by atoms with E-state index in [2.05, 4.69) is 11.8 Å². The number of ether oxygens (including phenoxy) is 1. The van der Waals surface area contributed by atoms with Crippen molar-refractivity contribution < 1.29 is 9.53 Å². The lowest BCUT2D eigenvalue weighted by atomic mass is 10.2. The van der Waals surface area contributed by atoms with Crippen LogP contribution in [-0.2, 0) is 4.79 Å². The van der Waals surface area contributed by atoms with E-state index in [0.29, 0.717) is 9.23 Å². The zero-order valence-corrected chi connectivity index (χ0v) is 14.3. The van der Waals surface area contributed by atoms with E-state index < -0.39 is 0 Å². The van der Waals surface area contributed by atoms with E-state index in [-0.39, 0.29) is 5.91 Å². The first-order valence-corrected chi connectivity index (χ1v) is 8.48. The molecule has 2 heterocycles. The number of methoxy groups -OCH3 is 1. The summed E-state index contributed by atoms with van der Waals surface area (Å²) in [6, 6.07) is 5.97. The van der Waals surface area contributed by atoms with Crippen LogP contribution in [0.1, 0.15) is 6.92 Å². The second kappa shape index (κ2) is 5.55. The molecule has 3 rings (SSSR count). The number of hydrogen-bond acceptors (Lipinski definition) is 6. The molecular weight excluding hydrogens is 324 g/mol. The van der Waals surface area contributed by atoms with Crippen LogP contribution in [0.5, 0.6) is 5.75 Å². The Morgan fingerprint density at radius 3 is 2.67 bits per heavy atom. The minimum Gasteiger partial charge on any atom is -0.497 e. The molecule has 1 fully saturated rings. The van der Waals surface area contributed by atoms with E-state index in [9.17, 15) is 4.79 Å². The Morgan fingerprint density at radius 2 is 2.10 bits per heavy atom. The second-order valence-corrected chi connectivity index (χ2v) is 7.22. The Bertz CT molecular complexity index is 672. The van der Waals surface area contributed by atoms with Crippen LogP contribution in [0.15, 0.2) is 33.0 Å². The molecule has 0 spiro atoms. The molecule has 110 valence electrons. The lowest BCUT2D eigenvalue weighted by Crippen LogP contribution is -2.24. The molecule has 2 aliphatic heterocycles. The molecule has 0 N–H and O–H groups in total. The highest BCUT2D eigenvalue weighted by Crippen LogP contribution is 2.51. The maximum absolute atomic E-state index is 12.3. The van der Waals surface area contributed by atoms with Crippen LogP contribution < -0.4 is 9.64 Å². The highest BCUT2D eigenvalue weighted by molar-refractivity contribution is 8.27. The van der Waals surface area contributed by atoms with E-state index >= 15 is 0 Å². The third-order valence-electron chi connectivity index (χ3n) is 3.38. The van der Waals surface area contributed by atoms with Crippen molar-refractivity contribution in [3.05, 3.63) is 28.1 Å². The van der Waals surface area contributed by atoms with Crippen LogP contribution in [0.4, 0.5) is 5.69 Å². The van der Waals surface area contributed by atoms with Gasteiger partial charge in [0.05, 0.1) is 12.8 Å². The van der Waals surface area contributed by atoms with Crippen molar-refractivity contribution in [2.24, 2.45) is 0 Å². The van der Waals surface area contributed by atoms with Gasteiger partial charge in [-0.3, -0.25) is 9.69 Å². The van der Waals surface area contributed by atoms with Crippen LogP contribution in [-0.4, -0.2) is 35.8 Å². The quantitative estimate of drug-likeness (QED) is 0.608. The average Bonchev–Trinajstić information content (AvgIpc) is 2.98. The Kier molecular flexibility index (Phi) is 3.90. The highest BCUT2D eigenvalue weighted by Gasteiger charge is 2.37. The Morgan fingerprint density at radius 1 is 1.33 bits per heavy atom. The van der Waals surface area contributed by atoms with Crippen LogP contribution >= 0.6 is 35.7 Å². The van der Waals surface area contributed by atoms with Crippen LogP contribution in [0.2, 0.25) is 0 Å². The summed E-state index contributed by atoms with van der Waals surface area (Å²) < 4.78 is 5.90. The number of benzene rings is 1. The van der Waals surface area contributed by atoms with E-state index in [4.69, 9.17) is 17.0 Å². The Hall–Kier alpha value is -1.18. The molecule has 0 atom stereocenters. The number of carbonyl (C=O) groups excluding carboxylic acids is 1. The van der Waals surface area contributed by atoms with Gasteiger partial charge in [0.25, 0.3) is 5.91 Å². The van der Waals surface area contributed by atoms with E-state index in [1.165, 1.54) is 16.7 Å². The Balaban J connectivity index is 2.07. The van der Waals surface area contributed by atoms with E-state index in [1.54, 1.807) is 25.9 Å². The summed E-state index contributed by atoms with van der Waals surface area (Å²) >= 11 is 8.21. The van der Waals surface area contributed by atoms with Gasteiger partial charge in [-0.05, 0) is 19.1 Å². The first-order valence-electron chi connectivity index (χ1n) is 6.44. The molecule has 0 saturated carbocycles. The highest BCUT2D eigenvalue weighted by atomic mass is 32.2. The van der Waals surface area contributed by atoms with Crippen LogP contribution in [0, 0.1) is 0 Å². The van der Waals surface area contributed by atoms with Crippen molar-refractivity contribution in [3.8, 4) is 5.75 Å². The smallest absolute Gasteiger partial charge is 0.268 e. The summed E-state index contributed by atoms with van der Waals surface area (Å²) in [5, 5.41) is 0.961. The molecule has 0 aliphatic carbocycles. The molecule has 1 amide bonds. The lowest BCUT2D eigenvalue weighted by Gasteiger charge is -2.19. The number of thioether (sulfide) groups is 2. The fourth-order valence-corrected chi connectivity index (χ4v) is 4.78. The normalized spacial score (nSPS) is 21.3. The fraction of sp³-hybridized carbons (Fsp3) is 0.286. The van der Waals surface area contributed by atoms with Crippen molar-refractivity contribution in [1.82, 2.24) is 4.90 Å². The average molecular weight is 338 g/mol. The molecular formula is C14H14N2O2S3. The van der Waals surface area contributed by atoms with Crippen molar-refractivity contribution in [3.63, 3.8) is 0 Å². The number of hydrogen-bond donors (Lipinski definition) is 0. The maximum Gasteiger partial charge on any atom is 0.268 e. The zero-order valence-electron chi connectivity index (χ0n) is 11.9. The van der Waals surface area contributed by atoms with E-state index in [1.807, 2.05) is 18.2 Å². The van der Waals surface area contributed by atoms with Crippen LogP contribution in [0.25, 0.3) is 0 Å². The molecule has 0 bridgehead atoms. The summed E-state index contributed by atoms with van der Waals surface area (Å²) in [7, 11) is 3.38. The molecule has 0 radical (unpaired) electrons. The van der Waals surface area contributed by atoms with Gasteiger partial charge in [-0.25, -0.2) is 0 Å². The van der Waals surface area contributed by atoms with Gasteiger partial charge in [0.2, 0.25) is 0 Å². The number of fused-ring (bicyclic) bond motifs is 1. The van der Waals surface area contributed by atoms with Crippen molar-refractivity contribution >= 4 is 51.7 Å². The number of rotatable bonds is 2. The monoisotopic (exact) mass is 338 g/mol. The lowest BCUT2D eigenvalue weighted by molar-refractivity contribution is -0.121. The molecule has 2 aliphatic rings. The summed E-state index contributed by atoms with van der Waals surface area (Å²) in [6.45, 7) is 2.86. The van der Waals surface area contributed by atoms with Crippen molar-refractivity contribution in [2.75, 3.05) is 25.6 Å². The molecule has 0 unspecified atom stereocenters. The van der Waals surface area contributed by atoms with Gasteiger partial charge in [0, 0.05) is 24.6 Å². The van der Waals surface area contributed by atoms with Gasteiger partial charge in [0.1, 0.15) is 20.0 Å². The third kappa shape index (κ3) is 2.33. The number of thiocarbonyl (C=S) groups is 1. The van der Waals surface area contributed by atoms with Gasteiger partial charge in [-0.1, -0.05) is 35.7 Å². The standard InChI is InChI=1S/C14H14N2O2S3/c1-4-16-9-7-8(18-3)5-6-10(9)20-13(16)11-12(17)15(2)14(19)21-11/h5-7H,4H2,1-3H3/b13-11-. The molecule has 1 aromatic rings. The fourth-order valence-electron chi connectivity index (χ4n) is 2.24. The molecule has 1 aromatic carbocycles. The van der Waals surface area contributed by atoms with E-state index in [0.717, 1.165) is 27.9 Å². The van der Waals surface area contributed by atoms with Crippen LogP contribution in [0.3, 0.4) is 0 Å². The predicted octanol–water partition coefficient (Wildman–Crippen LogP) is 3.29. The minimum atomic E-state index is -0.0225. The van der Waals surface area contributed by atoms with Gasteiger partial charge in [-0.2, -0.15) is 0 Å². The molecule has 0 aromatic heterocycles. The molecule has 4 nitrogen and oxygen atoms in total. The summed E-state index contributed by atoms with van der Waals surface area (Å²) in [4.78, 5) is 17.9. The van der Waals surface area contributed by atoms with Crippen molar-refractivity contribution in [1.29, 1.82) is 0 Å². The first kappa shape index (κ1) is 14.7. The predicted molar refractivity (Wildman–Crippen MR) is 91.9 cm³/mol. The Labute approximate surface area is 137 Å². The SMILES string of the molecule is CCN1/C(=C2/SC(=S)N(C)C2=O)Sc2ccc(OC)cc21. The van der Waals surface area contributed by atoms with Crippen molar-refractivity contribution in [2.45, 2.75) is 11.8 Å². The number of carbonyl (C=O) groups is 1. The topological polar surface area (TPSA) is 32.8 Å². The summed E-state index contributed by atoms with van der Waals surface area (Å²) in [6.07, 6.45) is 0. The second-order valence-electron chi connectivity index (χ2n) is 4.55. The first-order chi connectivity index (χ1) is 10.1. The summed E-state index contributed by atoms with van der Waals surface area (Å²) in [5.41, 5.74) is 1.08. The number of nitrogens with zero attached hydrogens (tertiary/aromatic N) is 2. The minimum absolute atomic E-state index is 0.0225. The number of amides is 1. The maximum atomic E-state index is 12.3. The van der Waals surface area contributed by atoms with Gasteiger partial charge < -0.3 is 9.64 Å². The molecule has 21 heavy (non-hydrogen) atoms. The van der Waals surface area contributed by atoms with Gasteiger partial charge >= 0.3 is 0 Å².